The fourth-order valence-electron chi connectivity index (χ4n) is 3.38. The highest BCUT2D eigenvalue weighted by molar-refractivity contribution is 6.31. The molecule has 0 radical (unpaired) electrons. The highest BCUT2D eigenvalue weighted by Gasteiger charge is 2.17. The van der Waals surface area contributed by atoms with Crippen LogP contribution in [0.3, 0.4) is 0 Å². The fourth-order valence-corrected chi connectivity index (χ4v) is 3.61. The molecule has 1 N–H and O–H groups in total. The number of aromatic nitrogens is 8. The summed E-state index contributed by atoms with van der Waals surface area (Å²) in [4.78, 5) is 21.2. The van der Waals surface area contributed by atoms with E-state index in [4.69, 9.17) is 11.6 Å². The number of hydrogen-bond acceptors (Lipinski definition) is 6. The van der Waals surface area contributed by atoms with E-state index >= 15 is 0 Å². The van der Waals surface area contributed by atoms with Gasteiger partial charge in [0.1, 0.15) is 12.1 Å². The van der Waals surface area contributed by atoms with Gasteiger partial charge in [0.15, 0.2) is 11.3 Å². The number of anilines is 1. The molecular weight excluding hydrogens is 449 g/mol. The molecule has 0 aliphatic heterocycles. The van der Waals surface area contributed by atoms with Gasteiger partial charge < -0.3 is 0 Å². The molecule has 1 amide bonds. The lowest BCUT2D eigenvalue weighted by atomic mass is 10.2. The smallest absolute Gasteiger partial charge is 0.278 e. The van der Waals surface area contributed by atoms with E-state index in [0.29, 0.717) is 11.2 Å². The second kappa shape index (κ2) is 8.10. The first-order valence-corrected chi connectivity index (χ1v) is 10.3. The third-order valence-electron chi connectivity index (χ3n) is 5.21. The molecule has 5 aromatic rings. The lowest BCUT2D eigenvalue weighted by molar-refractivity contribution is 0.102. The SMILES string of the molecule is Cc1c(-c2ccnc3cc(C(=O)Nc4ncn(Cc5ccc(F)cc5Cl)n4)nn23)cnn1C. The van der Waals surface area contributed by atoms with Crippen molar-refractivity contribution in [2.75, 3.05) is 5.32 Å². The summed E-state index contributed by atoms with van der Waals surface area (Å²) < 4.78 is 18.1. The van der Waals surface area contributed by atoms with Crippen LogP contribution in [0.25, 0.3) is 16.9 Å². The van der Waals surface area contributed by atoms with Crippen molar-refractivity contribution < 1.29 is 9.18 Å². The van der Waals surface area contributed by atoms with Gasteiger partial charge in [-0.2, -0.15) is 10.2 Å². The third-order valence-corrected chi connectivity index (χ3v) is 5.56. The second-order valence-corrected chi connectivity index (χ2v) is 7.76. The number of amides is 1. The molecule has 0 spiro atoms. The Hall–Kier alpha value is -4.12. The van der Waals surface area contributed by atoms with Gasteiger partial charge >= 0.3 is 0 Å². The molecule has 4 heterocycles. The van der Waals surface area contributed by atoms with Crippen molar-refractivity contribution >= 4 is 29.1 Å². The van der Waals surface area contributed by atoms with E-state index in [9.17, 15) is 9.18 Å². The van der Waals surface area contributed by atoms with E-state index in [1.807, 2.05) is 20.0 Å². The highest BCUT2D eigenvalue weighted by Crippen LogP contribution is 2.23. The van der Waals surface area contributed by atoms with Crippen molar-refractivity contribution in [2.45, 2.75) is 13.5 Å². The molecular formula is C21H17ClFN9O. The standard InChI is InChI=1S/C21H17ClFN9O/c1-12-15(9-26-30(12)2)18-5-6-24-19-8-17(28-32(18)19)20(33)27-21-25-11-31(29-21)10-13-3-4-14(23)7-16(13)22/h3-9,11H,10H2,1-2H3,(H,27,29,33). The van der Waals surface area contributed by atoms with Gasteiger partial charge in [0.25, 0.3) is 5.91 Å². The quantitative estimate of drug-likeness (QED) is 0.427. The Balaban J connectivity index is 1.37. The molecule has 0 saturated heterocycles. The van der Waals surface area contributed by atoms with Crippen LogP contribution in [-0.2, 0) is 13.6 Å². The number of benzene rings is 1. The van der Waals surface area contributed by atoms with Gasteiger partial charge in [0.05, 0.1) is 18.4 Å². The molecule has 1 aromatic carbocycles. The number of carbonyl (C=O) groups is 1. The first-order valence-electron chi connectivity index (χ1n) is 9.87. The molecule has 0 aliphatic rings. The van der Waals surface area contributed by atoms with E-state index in [2.05, 4.69) is 30.6 Å². The zero-order chi connectivity index (χ0) is 23.1. The summed E-state index contributed by atoms with van der Waals surface area (Å²) in [6.45, 7) is 2.22. The van der Waals surface area contributed by atoms with Gasteiger partial charge in [-0.25, -0.2) is 23.6 Å². The van der Waals surface area contributed by atoms with Crippen molar-refractivity contribution in [1.82, 2.24) is 39.1 Å². The molecule has 0 unspecified atom stereocenters. The minimum atomic E-state index is -0.480. The number of nitrogens with one attached hydrogen (secondary N) is 1. The minimum absolute atomic E-state index is 0.103. The summed E-state index contributed by atoms with van der Waals surface area (Å²) in [5.74, 6) is -0.794. The molecule has 166 valence electrons. The van der Waals surface area contributed by atoms with Gasteiger partial charge in [-0.3, -0.25) is 14.8 Å². The van der Waals surface area contributed by atoms with Crippen molar-refractivity contribution in [1.29, 1.82) is 0 Å². The average Bonchev–Trinajstić information content (AvgIpc) is 3.50. The zero-order valence-corrected chi connectivity index (χ0v) is 18.3. The summed E-state index contributed by atoms with van der Waals surface area (Å²) in [7, 11) is 1.86. The highest BCUT2D eigenvalue weighted by atomic mass is 35.5. The average molecular weight is 466 g/mol. The number of halogens is 2. The fraction of sp³-hybridized carbons (Fsp3) is 0.143. The maximum atomic E-state index is 13.2. The van der Waals surface area contributed by atoms with Crippen LogP contribution in [0.5, 0.6) is 0 Å². The first kappa shape index (κ1) is 20.8. The van der Waals surface area contributed by atoms with Gasteiger partial charge in [0, 0.05) is 35.6 Å². The van der Waals surface area contributed by atoms with Crippen molar-refractivity contribution in [2.24, 2.45) is 7.05 Å². The number of fused-ring (bicyclic) bond motifs is 1. The van der Waals surface area contributed by atoms with Crippen LogP contribution < -0.4 is 5.32 Å². The summed E-state index contributed by atoms with van der Waals surface area (Å²) in [6.07, 6.45) is 4.85. The third kappa shape index (κ3) is 3.94. The van der Waals surface area contributed by atoms with Crippen molar-refractivity contribution in [3.63, 3.8) is 0 Å². The monoisotopic (exact) mass is 465 g/mol. The van der Waals surface area contributed by atoms with Crippen LogP contribution in [0.15, 0.2) is 49.1 Å². The molecule has 0 saturated carbocycles. The molecule has 10 nitrogen and oxygen atoms in total. The normalized spacial score (nSPS) is 11.3. The van der Waals surface area contributed by atoms with Crippen molar-refractivity contribution in [3.05, 3.63) is 76.8 Å². The van der Waals surface area contributed by atoms with Crippen LogP contribution in [0.2, 0.25) is 5.02 Å². The minimum Gasteiger partial charge on any atom is -0.288 e. The Labute approximate surface area is 191 Å². The Kier molecular flexibility index (Phi) is 5.09. The van der Waals surface area contributed by atoms with E-state index in [1.165, 1.54) is 23.1 Å². The van der Waals surface area contributed by atoms with Gasteiger partial charge in [-0.05, 0) is 30.7 Å². The Morgan fingerprint density at radius 1 is 1.18 bits per heavy atom. The number of carbonyl (C=O) groups excluding carboxylic acids is 1. The summed E-state index contributed by atoms with van der Waals surface area (Å²) in [6, 6.07) is 7.52. The van der Waals surface area contributed by atoms with Crippen molar-refractivity contribution in [3.8, 4) is 11.3 Å². The topological polar surface area (TPSA) is 108 Å². The Morgan fingerprint density at radius 3 is 2.79 bits per heavy atom. The van der Waals surface area contributed by atoms with Crippen LogP contribution in [0.4, 0.5) is 10.3 Å². The first-order chi connectivity index (χ1) is 15.9. The number of nitrogens with zero attached hydrogens (tertiary/aromatic N) is 8. The number of rotatable bonds is 5. The molecule has 12 heteroatoms. The molecule has 5 rings (SSSR count). The molecule has 4 aromatic heterocycles. The molecule has 0 bridgehead atoms. The Morgan fingerprint density at radius 2 is 2.03 bits per heavy atom. The maximum absolute atomic E-state index is 13.2. The number of aryl methyl sites for hydroxylation is 1. The Bertz CT molecular complexity index is 1500. The van der Waals surface area contributed by atoms with Crippen LogP contribution in [-0.4, -0.2) is 45.1 Å². The summed E-state index contributed by atoms with van der Waals surface area (Å²) in [5.41, 5.74) is 3.97. The molecule has 0 fully saturated rings. The predicted octanol–water partition coefficient (Wildman–Crippen LogP) is 3.12. The van der Waals surface area contributed by atoms with E-state index in [-0.39, 0.29) is 23.2 Å². The lowest BCUT2D eigenvalue weighted by Crippen LogP contribution is -2.14. The van der Waals surface area contributed by atoms with Crippen LogP contribution in [0.1, 0.15) is 21.7 Å². The van der Waals surface area contributed by atoms with Crippen LogP contribution in [0, 0.1) is 12.7 Å². The second-order valence-electron chi connectivity index (χ2n) is 7.35. The van der Waals surface area contributed by atoms with Gasteiger partial charge in [-0.1, -0.05) is 17.7 Å². The van der Waals surface area contributed by atoms with E-state index in [0.717, 1.165) is 17.0 Å². The van der Waals surface area contributed by atoms with E-state index in [1.54, 1.807) is 33.7 Å². The molecule has 33 heavy (non-hydrogen) atoms. The molecule has 0 atom stereocenters. The summed E-state index contributed by atoms with van der Waals surface area (Å²) in [5, 5.41) is 15.8. The van der Waals surface area contributed by atoms with Crippen LogP contribution >= 0.6 is 11.6 Å². The van der Waals surface area contributed by atoms with Gasteiger partial charge in [0.2, 0.25) is 5.95 Å². The number of hydrogen-bond donors (Lipinski definition) is 1. The van der Waals surface area contributed by atoms with Gasteiger partial charge in [-0.15, -0.1) is 5.10 Å². The largest absolute Gasteiger partial charge is 0.288 e. The lowest BCUT2D eigenvalue weighted by Gasteiger charge is -2.04. The maximum Gasteiger partial charge on any atom is 0.278 e. The zero-order valence-electron chi connectivity index (χ0n) is 17.6. The molecule has 0 aliphatic carbocycles. The van der Waals surface area contributed by atoms with E-state index < -0.39 is 11.7 Å². The predicted molar refractivity (Wildman–Crippen MR) is 118 cm³/mol. The summed E-state index contributed by atoms with van der Waals surface area (Å²) >= 11 is 6.06.